The zero-order valence-electron chi connectivity index (χ0n) is 12.0. The van der Waals surface area contributed by atoms with E-state index in [4.69, 9.17) is 5.26 Å². The number of nitrogens with zero attached hydrogens (tertiary/aromatic N) is 1. The third kappa shape index (κ3) is 3.82. The minimum Gasteiger partial charge on any atom is -0.393 e. The molecule has 0 aromatic heterocycles. The van der Waals surface area contributed by atoms with E-state index in [1.807, 2.05) is 6.07 Å². The second kappa shape index (κ2) is 6.56. The number of benzene rings is 1. The normalized spacial score (nSPS) is 22.7. The molecule has 21 heavy (non-hydrogen) atoms. The van der Waals surface area contributed by atoms with Crippen molar-refractivity contribution in [1.29, 1.82) is 5.26 Å². The fourth-order valence-electron chi connectivity index (χ4n) is 2.68. The van der Waals surface area contributed by atoms with Gasteiger partial charge in [-0.05, 0) is 43.4 Å². The van der Waals surface area contributed by atoms with Crippen LogP contribution in [0.2, 0.25) is 0 Å². The van der Waals surface area contributed by atoms with Crippen LogP contribution in [0, 0.1) is 24.2 Å². The second-order valence-electron chi connectivity index (χ2n) is 5.56. The summed E-state index contributed by atoms with van der Waals surface area (Å²) in [7, 11) is -3.66. The van der Waals surface area contributed by atoms with E-state index in [-0.39, 0.29) is 17.4 Å². The fraction of sp³-hybridized carbons (Fsp3) is 0.533. The molecule has 1 aliphatic rings. The summed E-state index contributed by atoms with van der Waals surface area (Å²) in [5, 5.41) is 18.8. The van der Waals surface area contributed by atoms with Crippen molar-refractivity contribution in [3.63, 3.8) is 0 Å². The third-order valence-electron chi connectivity index (χ3n) is 4.01. The van der Waals surface area contributed by atoms with Gasteiger partial charge in [-0.3, -0.25) is 0 Å². The van der Waals surface area contributed by atoms with Crippen molar-refractivity contribution in [1.82, 2.24) is 4.72 Å². The monoisotopic (exact) mass is 308 g/mol. The summed E-state index contributed by atoms with van der Waals surface area (Å²) in [4.78, 5) is 0.131. The van der Waals surface area contributed by atoms with E-state index < -0.39 is 16.1 Å². The van der Waals surface area contributed by atoms with Crippen LogP contribution >= 0.6 is 0 Å². The quantitative estimate of drug-likeness (QED) is 0.885. The Bertz CT molecular complexity index is 649. The summed E-state index contributed by atoms with van der Waals surface area (Å²) in [6.07, 6.45) is 3.14. The number of aliphatic hydroxyl groups excluding tert-OH is 1. The Morgan fingerprint density at radius 2 is 2.10 bits per heavy atom. The van der Waals surface area contributed by atoms with Crippen LogP contribution in [0.15, 0.2) is 23.1 Å². The molecule has 1 saturated carbocycles. The van der Waals surface area contributed by atoms with Crippen LogP contribution < -0.4 is 4.72 Å². The highest BCUT2D eigenvalue weighted by Crippen LogP contribution is 2.24. The van der Waals surface area contributed by atoms with Crippen molar-refractivity contribution in [2.45, 2.75) is 43.6 Å². The number of hydrogen-bond acceptors (Lipinski definition) is 4. The van der Waals surface area contributed by atoms with Crippen molar-refractivity contribution < 1.29 is 13.5 Å². The van der Waals surface area contributed by atoms with Gasteiger partial charge in [-0.25, -0.2) is 13.1 Å². The molecular weight excluding hydrogens is 288 g/mol. The van der Waals surface area contributed by atoms with E-state index in [0.717, 1.165) is 25.7 Å². The van der Waals surface area contributed by atoms with Gasteiger partial charge in [0.25, 0.3) is 0 Å². The highest BCUT2D eigenvalue weighted by Gasteiger charge is 2.25. The summed E-state index contributed by atoms with van der Waals surface area (Å²) in [5.74, 6) is -0.0343. The molecule has 0 bridgehead atoms. The molecule has 2 atom stereocenters. The lowest BCUT2D eigenvalue weighted by Crippen LogP contribution is -2.36. The maximum absolute atomic E-state index is 12.4. The molecule has 0 aliphatic heterocycles. The lowest BCUT2D eigenvalue weighted by Gasteiger charge is -2.27. The summed E-state index contributed by atoms with van der Waals surface area (Å²) in [5.41, 5.74) is 0.921. The van der Waals surface area contributed by atoms with Crippen molar-refractivity contribution in [3.8, 4) is 6.07 Å². The summed E-state index contributed by atoms with van der Waals surface area (Å²) < 4.78 is 27.3. The van der Waals surface area contributed by atoms with Crippen molar-refractivity contribution in [3.05, 3.63) is 29.3 Å². The van der Waals surface area contributed by atoms with Crippen LogP contribution in [0.1, 0.15) is 36.8 Å². The average Bonchev–Trinajstić information content (AvgIpc) is 2.47. The van der Waals surface area contributed by atoms with Crippen LogP contribution in [0.25, 0.3) is 0 Å². The molecule has 1 aromatic rings. The molecule has 1 aromatic carbocycles. The minimum absolute atomic E-state index is 0.0343. The summed E-state index contributed by atoms with van der Waals surface area (Å²) >= 11 is 0. The SMILES string of the molecule is Cc1ccc(C#N)cc1S(=O)(=O)NCC1CCCCC1O. The van der Waals surface area contributed by atoms with E-state index in [1.165, 1.54) is 6.07 Å². The Balaban J connectivity index is 2.13. The molecular formula is C15H20N2O3S. The van der Waals surface area contributed by atoms with Crippen LogP contribution in [-0.2, 0) is 10.0 Å². The molecule has 0 amide bonds. The van der Waals surface area contributed by atoms with Crippen molar-refractivity contribution in [2.75, 3.05) is 6.54 Å². The molecule has 1 aliphatic carbocycles. The first-order chi connectivity index (χ1) is 9.94. The van der Waals surface area contributed by atoms with Crippen molar-refractivity contribution in [2.24, 2.45) is 5.92 Å². The van der Waals surface area contributed by atoms with E-state index in [2.05, 4.69) is 4.72 Å². The zero-order chi connectivity index (χ0) is 15.5. The third-order valence-corrected chi connectivity index (χ3v) is 5.58. The molecule has 2 rings (SSSR count). The van der Waals surface area contributed by atoms with Crippen LogP contribution in [0.5, 0.6) is 0 Å². The zero-order valence-corrected chi connectivity index (χ0v) is 12.9. The molecule has 2 N–H and O–H groups in total. The van der Waals surface area contributed by atoms with Gasteiger partial charge in [-0.1, -0.05) is 18.9 Å². The second-order valence-corrected chi connectivity index (χ2v) is 7.29. The van der Waals surface area contributed by atoms with Gasteiger partial charge in [0, 0.05) is 6.54 Å². The summed E-state index contributed by atoms with van der Waals surface area (Å²) in [6, 6.07) is 6.55. The lowest BCUT2D eigenvalue weighted by atomic mass is 9.87. The number of aliphatic hydroxyl groups is 1. The molecule has 6 heteroatoms. The molecule has 5 nitrogen and oxygen atoms in total. The summed E-state index contributed by atoms with van der Waals surface area (Å²) in [6.45, 7) is 1.94. The number of nitriles is 1. The van der Waals surface area contributed by atoms with E-state index >= 15 is 0 Å². The molecule has 1 fully saturated rings. The highest BCUT2D eigenvalue weighted by atomic mass is 32.2. The van der Waals surface area contributed by atoms with Gasteiger partial charge in [-0.15, -0.1) is 0 Å². The smallest absolute Gasteiger partial charge is 0.240 e. The largest absolute Gasteiger partial charge is 0.393 e. The Kier molecular flexibility index (Phi) is 4.99. The number of hydrogen-bond donors (Lipinski definition) is 2. The Morgan fingerprint density at radius 1 is 1.38 bits per heavy atom. The van der Waals surface area contributed by atoms with Crippen LogP contribution in [-0.4, -0.2) is 26.2 Å². The van der Waals surface area contributed by atoms with E-state index in [0.29, 0.717) is 11.1 Å². The Hall–Kier alpha value is -1.42. The Morgan fingerprint density at radius 3 is 2.76 bits per heavy atom. The van der Waals surface area contributed by atoms with Gasteiger partial charge in [0.2, 0.25) is 10.0 Å². The topological polar surface area (TPSA) is 90.2 Å². The number of rotatable bonds is 4. The lowest BCUT2D eigenvalue weighted by molar-refractivity contribution is 0.0724. The molecule has 2 unspecified atom stereocenters. The fourth-order valence-corrected chi connectivity index (χ4v) is 4.04. The molecule has 0 saturated heterocycles. The number of sulfonamides is 1. The van der Waals surface area contributed by atoms with E-state index in [1.54, 1.807) is 19.1 Å². The van der Waals surface area contributed by atoms with Crippen molar-refractivity contribution >= 4 is 10.0 Å². The first kappa shape index (κ1) is 16.0. The number of nitrogens with one attached hydrogen (secondary N) is 1. The molecule has 0 radical (unpaired) electrons. The van der Waals surface area contributed by atoms with Gasteiger partial charge in [0.15, 0.2) is 0 Å². The van der Waals surface area contributed by atoms with Gasteiger partial charge >= 0.3 is 0 Å². The van der Waals surface area contributed by atoms with E-state index in [9.17, 15) is 13.5 Å². The predicted molar refractivity (Wildman–Crippen MR) is 79.0 cm³/mol. The maximum Gasteiger partial charge on any atom is 0.240 e. The average molecular weight is 308 g/mol. The minimum atomic E-state index is -3.66. The molecule has 0 spiro atoms. The first-order valence-corrected chi connectivity index (χ1v) is 8.61. The van der Waals surface area contributed by atoms with Gasteiger partial charge < -0.3 is 5.11 Å². The van der Waals surface area contributed by atoms with Gasteiger partial charge in [0.05, 0.1) is 22.6 Å². The highest BCUT2D eigenvalue weighted by molar-refractivity contribution is 7.89. The van der Waals surface area contributed by atoms with Gasteiger partial charge in [-0.2, -0.15) is 5.26 Å². The number of aryl methyl sites for hydroxylation is 1. The molecule has 0 heterocycles. The predicted octanol–water partition coefficient (Wildman–Crippen LogP) is 1.70. The standard InChI is InChI=1S/C15H20N2O3S/c1-11-6-7-12(9-16)8-15(11)21(19,20)17-10-13-4-2-3-5-14(13)18/h6-8,13-14,17-18H,2-5,10H2,1H3. The van der Waals surface area contributed by atoms with Crippen LogP contribution in [0.4, 0.5) is 0 Å². The first-order valence-electron chi connectivity index (χ1n) is 7.12. The van der Waals surface area contributed by atoms with Crippen LogP contribution in [0.3, 0.4) is 0 Å². The Labute approximate surface area is 125 Å². The molecule has 114 valence electrons. The van der Waals surface area contributed by atoms with Gasteiger partial charge in [0.1, 0.15) is 0 Å². The maximum atomic E-state index is 12.4.